The van der Waals surface area contributed by atoms with Crippen LogP contribution in [0.25, 0.3) is 11.1 Å². The lowest BCUT2D eigenvalue weighted by molar-refractivity contribution is -0.186. The number of aryl methyl sites for hydroxylation is 1. The highest BCUT2D eigenvalue weighted by molar-refractivity contribution is 5.99. The SMILES string of the molecule is Cn1c(=O)oc2cc(NC(=O)C3CCCN3C(=O)C(F)(F)F)ccc21. The van der Waals surface area contributed by atoms with Gasteiger partial charge in [-0.05, 0) is 25.0 Å². The second-order valence-electron chi connectivity index (χ2n) is 5.75. The number of rotatable bonds is 2. The molecule has 1 aromatic carbocycles. The Morgan fingerprint density at radius 2 is 2.04 bits per heavy atom. The van der Waals surface area contributed by atoms with Gasteiger partial charge in [-0.1, -0.05) is 0 Å². The van der Waals surface area contributed by atoms with Gasteiger partial charge in [0.25, 0.3) is 0 Å². The minimum atomic E-state index is -5.02. The lowest BCUT2D eigenvalue weighted by Gasteiger charge is -2.24. The number of nitrogens with one attached hydrogen (secondary N) is 1. The predicted octanol–water partition coefficient (Wildman–Crippen LogP) is 1.62. The standard InChI is InChI=1S/C15H14F3N3O4/c1-20-9-5-4-8(7-11(9)25-14(20)24)19-12(22)10-3-2-6-21(10)13(23)15(16,17)18/h4-5,7,10H,2-3,6H2,1H3,(H,19,22). The van der Waals surface area contributed by atoms with E-state index < -0.39 is 29.8 Å². The largest absolute Gasteiger partial charge is 0.471 e. The van der Waals surface area contributed by atoms with Crippen LogP contribution in [0.2, 0.25) is 0 Å². The number of oxazole rings is 1. The smallest absolute Gasteiger partial charge is 0.408 e. The Balaban J connectivity index is 1.79. The van der Waals surface area contributed by atoms with E-state index in [1.54, 1.807) is 6.07 Å². The Morgan fingerprint density at radius 3 is 2.72 bits per heavy atom. The van der Waals surface area contributed by atoms with Crippen molar-refractivity contribution < 1.29 is 27.2 Å². The first-order valence-corrected chi connectivity index (χ1v) is 7.46. The number of anilines is 1. The molecular formula is C15H14F3N3O4. The molecule has 2 amide bonds. The number of carbonyl (C=O) groups is 2. The third-order valence-corrected chi connectivity index (χ3v) is 4.12. The molecule has 0 aliphatic carbocycles. The van der Waals surface area contributed by atoms with Crippen LogP contribution < -0.4 is 11.1 Å². The van der Waals surface area contributed by atoms with Crippen molar-refractivity contribution in [1.82, 2.24) is 9.47 Å². The van der Waals surface area contributed by atoms with Crippen LogP contribution in [0.5, 0.6) is 0 Å². The van der Waals surface area contributed by atoms with E-state index in [0.717, 1.165) is 0 Å². The monoisotopic (exact) mass is 357 g/mol. The van der Waals surface area contributed by atoms with Crippen molar-refractivity contribution in [1.29, 1.82) is 0 Å². The number of likely N-dealkylation sites (tertiary alicyclic amines) is 1. The van der Waals surface area contributed by atoms with Crippen molar-refractivity contribution in [2.45, 2.75) is 25.1 Å². The van der Waals surface area contributed by atoms with Crippen molar-refractivity contribution in [3.8, 4) is 0 Å². The van der Waals surface area contributed by atoms with Gasteiger partial charge in [0.05, 0.1) is 5.52 Å². The Bertz CT molecular complexity index is 900. The topological polar surface area (TPSA) is 84.6 Å². The number of aromatic nitrogens is 1. The molecule has 0 saturated carbocycles. The Hall–Kier alpha value is -2.78. The van der Waals surface area contributed by atoms with Gasteiger partial charge in [-0.2, -0.15) is 13.2 Å². The molecule has 25 heavy (non-hydrogen) atoms. The van der Waals surface area contributed by atoms with Crippen LogP contribution in [0.1, 0.15) is 12.8 Å². The molecule has 1 N–H and O–H groups in total. The zero-order valence-electron chi connectivity index (χ0n) is 13.1. The molecule has 1 unspecified atom stereocenters. The van der Waals surface area contributed by atoms with Gasteiger partial charge in [0.1, 0.15) is 6.04 Å². The maximum Gasteiger partial charge on any atom is 0.471 e. The molecular weight excluding hydrogens is 343 g/mol. The van der Waals surface area contributed by atoms with E-state index in [-0.39, 0.29) is 24.2 Å². The van der Waals surface area contributed by atoms with E-state index in [1.807, 2.05) is 0 Å². The summed E-state index contributed by atoms with van der Waals surface area (Å²) in [6.07, 6.45) is -4.56. The lowest BCUT2D eigenvalue weighted by atomic mass is 10.2. The molecule has 1 aromatic heterocycles. The van der Waals surface area contributed by atoms with E-state index in [0.29, 0.717) is 16.8 Å². The molecule has 2 aromatic rings. The summed E-state index contributed by atoms with van der Waals surface area (Å²) in [5.74, 6) is -3.31. The molecule has 0 spiro atoms. The van der Waals surface area contributed by atoms with Crippen LogP contribution in [-0.2, 0) is 16.6 Å². The van der Waals surface area contributed by atoms with E-state index in [9.17, 15) is 27.6 Å². The van der Waals surface area contributed by atoms with Crippen LogP contribution in [-0.4, -0.2) is 40.0 Å². The second kappa shape index (κ2) is 5.94. The number of alkyl halides is 3. The zero-order chi connectivity index (χ0) is 18.4. The fourth-order valence-corrected chi connectivity index (χ4v) is 2.88. The summed E-state index contributed by atoms with van der Waals surface area (Å²) >= 11 is 0. The number of benzene rings is 1. The van der Waals surface area contributed by atoms with Gasteiger partial charge < -0.3 is 14.6 Å². The van der Waals surface area contributed by atoms with Crippen LogP contribution in [0.3, 0.4) is 0 Å². The predicted molar refractivity (Wildman–Crippen MR) is 80.9 cm³/mol. The number of nitrogens with zero attached hydrogens (tertiary/aromatic N) is 2. The highest BCUT2D eigenvalue weighted by atomic mass is 19.4. The Kier molecular flexibility index (Phi) is 4.05. The maximum absolute atomic E-state index is 12.6. The molecule has 7 nitrogen and oxygen atoms in total. The molecule has 0 bridgehead atoms. The fraction of sp³-hybridized carbons (Fsp3) is 0.400. The molecule has 1 aliphatic rings. The van der Waals surface area contributed by atoms with Gasteiger partial charge in [-0.3, -0.25) is 14.2 Å². The van der Waals surface area contributed by atoms with Gasteiger partial charge in [0, 0.05) is 25.3 Å². The minimum absolute atomic E-state index is 0.122. The number of hydrogen-bond donors (Lipinski definition) is 1. The van der Waals surface area contributed by atoms with Gasteiger partial charge in [-0.25, -0.2) is 4.79 Å². The summed E-state index contributed by atoms with van der Waals surface area (Å²) in [6.45, 7) is -0.122. The number of amides is 2. The molecule has 3 rings (SSSR count). The van der Waals surface area contributed by atoms with Crippen LogP contribution in [0.4, 0.5) is 18.9 Å². The van der Waals surface area contributed by atoms with Gasteiger partial charge >= 0.3 is 17.8 Å². The number of halogens is 3. The molecule has 1 saturated heterocycles. The van der Waals surface area contributed by atoms with Crippen LogP contribution >= 0.6 is 0 Å². The quantitative estimate of drug-likeness (QED) is 0.885. The lowest BCUT2D eigenvalue weighted by Crippen LogP contribution is -2.48. The second-order valence-corrected chi connectivity index (χ2v) is 5.75. The summed E-state index contributed by atoms with van der Waals surface area (Å²) < 4.78 is 44.1. The van der Waals surface area contributed by atoms with E-state index >= 15 is 0 Å². The Morgan fingerprint density at radius 1 is 1.32 bits per heavy atom. The van der Waals surface area contributed by atoms with Gasteiger partial charge in [0.15, 0.2) is 5.58 Å². The highest BCUT2D eigenvalue weighted by Gasteiger charge is 2.47. The molecule has 2 heterocycles. The third-order valence-electron chi connectivity index (χ3n) is 4.12. The minimum Gasteiger partial charge on any atom is -0.408 e. The van der Waals surface area contributed by atoms with Gasteiger partial charge in [-0.15, -0.1) is 0 Å². The van der Waals surface area contributed by atoms with E-state index in [1.165, 1.54) is 23.7 Å². The summed E-state index contributed by atoms with van der Waals surface area (Å²) in [5, 5.41) is 2.47. The first kappa shape index (κ1) is 17.1. The van der Waals surface area contributed by atoms with Crippen molar-refractivity contribution in [2.75, 3.05) is 11.9 Å². The zero-order valence-corrected chi connectivity index (χ0v) is 13.1. The van der Waals surface area contributed by atoms with Crippen molar-refractivity contribution in [3.05, 3.63) is 28.7 Å². The molecule has 0 radical (unpaired) electrons. The summed E-state index contributed by atoms with van der Waals surface area (Å²) in [6, 6.07) is 3.26. The summed E-state index contributed by atoms with van der Waals surface area (Å²) in [7, 11) is 1.52. The normalized spacial score (nSPS) is 17.9. The average Bonchev–Trinajstić information content (AvgIpc) is 3.11. The van der Waals surface area contributed by atoms with Gasteiger partial charge in [0.2, 0.25) is 5.91 Å². The summed E-state index contributed by atoms with van der Waals surface area (Å²) in [4.78, 5) is 35.7. The third kappa shape index (κ3) is 3.11. The van der Waals surface area contributed by atoms with Crippen molar-refractivity contribution >= 4 is 28.6 Å². The molecule has 10 heteroatoms. The molecule has 1 fully saturated rings. The molecule has 1 atom stereocenters. The maximum atomic E-state index is 12.6. The molecule has 1 aliphatic heterocycles. The first-order chi connectivity index (χ1) is 11.7. The van der Waals surface area contributed by atoms with Crippen LogP contribution in [0, 0.1) is 0 Å². The fourth-order valence-electron chi connectivity index (χ4n) is 2.88. The molecule has 134 valence electrons. The van der Waals surface area contributed by atoms with Crippen molar-refractivity contribution in [3.63, 3.8) is 0 Å². The first-order valence-electron chi connectivity index (χ1n) is 7.46. The number of hydrogen-bond acceptors (Lipinski definition) is 4. The average molecular weight is 357 g/mol. The summed E-state index contributed by atoms with van der Waals surface area (Å²) in [5.41, 5.74) is 1.01. The van der Waals surface area contributed by atoms with E-state index in [2.05, 4.69) is 5.32 Å². The Labute approximate surface area is 139 Å². The van der Waals surface area contributed by atoms with Crippen molar-refractivity contribution in [2.24, 2.45) is 7.05 Å². The highest BCUT2D eigenvalue weighted by Crippen LogP contribution is 2.27. The van der Waals surface area contributed by atoms with E-state index in [4.69, 9.17) is 4.42 Å². The van der Waals surface area contributed by atoms with Crippen LogP contribution in [0.15, 0.2) is 27.4 Å². The number of fused-ring (bicyclic) bond motifs is 1. The number of carbonyl (C=O) groups excluding carboxylic acids is 2.